The first-order chi connectivity index (χ1) is 14.0. The molecule has 0 unspecified atom stereocenters. The van der Waals surface area contributed by atoms with Gasteiger partial charge in [-0.25, -0.2) is 0 Å². The number of ether oxygens (including phenoxy) is 2. The summed E-state index contributed by atoms with van der Waals surface area (Å²) in [6.45, 7) is 5.52. The molecule has 2 aromatic carbocycles. The Balaban J connectivity index is 1.48. The van der Waals surface area contributed by atoms with Gasteiger partial charge >= 0.3 is 0 Å². The summed E-state index contributed by atoms with van der Waals surface area (Å²) in [5.74, 6) is 1.15. The van der Waals surface area contributed by atoms with Crippen LogP contribution >= 0.6 is 0 Å². The van der Waals surface area contributed by atoms with Crippen LogP contribution in [0.4, 0.5) is 0 Å². The number of hydrogen-bond donors (Lipinski definition) is 1. The Morgan fingerprint density at radius 1 is 1.07 bits per heavy atom. The molecule has 1 N–H and O–H groups in total. The SMILES string of the molecule is CC(C)C[C@H](NC(=O)c1ccc2c(c1)OCO2)C(=O)N1CCc2ccccc2C1. The van der Waals surface area contributed by atoms with Crippen LogP contribution in [0.15, 0.2) is 42.5 Å². The van der Waals surface area contributed by atoms with Gasteiger partial charge in [-0.3, -0.25) is 9.59 Å². The number of benzene rings is 2. The van der Waals surface area contributed by atoms with Crippen LogP contribution in [0, 0.1) is 5.92 Å². The Kier molecular flexibility index (Phi) is 5.43. The molecule has 0 bridgehead atoms. The fourth-order valence-corrected chi connectivity index (χ4v) is 3.88. The number of nitrogens with zero attached hydrogens (tertiary/aromatic N) is 1. The van der Waals surface area contributed by atoms with Crippen molar-refractivity contribution >= 4 is 11.8 Å². The summed E-state index contributed by atoms with van der Waals surface area (Å²) in [7, 11) is 0. The first-order valence-corrected chi connectivity index (χ1v) is 10.1. The van der Waals surface area contributed by atoms with Gasteiger partial charge < -0.3 is 19.7 Å². The molecular weight excluding hydrogens is 368 g/mol. The number of fused-ring (bicyclic) bond motifs is 2. The highest BCUT2D eigenvalue weighted by Crippen LogP contribution is 2.32. The van der Waals surface area contributed by atoms with E-state index in [1.54, 1.807) is 18.2 Å². The minimum absolute atomic E-state index is 0.0257. The minimum Gasteiger partial charge on any atom is -0.454 e. The van der Waals surface area contributed by atoms with Crippen LogP contribution < -0.4 is 14.8 Å². The van der Waals surface area contributed by atoms with Crippen LogP contribution in [0.1, 0.15) is 41.8 Å². The Hall–Kier alpha value is -3.02. The van der Waals surface area contributed by atoms with Gasteiger partial charge in [0.15, 0.2) is 11.5 Å². The van der Waals surface area contributed by atoms with E-state index < -0.39 is 6.04 Å². The van der Waals surface area contributed by atoms with Gasteiger partial charge in [0, 0.05) is 18.7 Å². The molecule has 0 saturated heterocycles. The van der Waals surface area contributed by atoms with Crippen LogP contribution in [0.3, 0.4) is 0 Å². The first kappa shape index (κ1) is 19.3. The molecule has 6 nitrogen and oxygen atoms in total. The number of carbonyl (C=O) groups excluding carboxylic acids is 2. The molecule has 0 aromatic heterocycles. The lowest BCUT2D eigenvalue weighted by atomic mass is 9.97. The molecule has 4 rings (SSSR count). The van der Waals surface area contributed by atoms with Crippen molar-refractivity contribution in [3.8, 4) is 11.5 Å². The summed E-state index contributed by atoms with van der Waals surface area (Å²) in [6, 6.07) is 12.7. The third kappa shape index (κ3) is 4.21. The van der Waals surface area contributed by atoms with E-state index >= 15 is 0 Å². The molecule has 2 amide bonds. The van der Waals surface area contributed by atoms with Crippen LogP contribution in [-0.2, 0) is 17.8 Å². The molecule has 0 saturated carbocycles. The third-order valence-electron chi connectivity index (χ3n) is 5.39. The van der Waals surface area contributed by atoms with Crippen molar-refractivity contribution in [2.24, 2.45) is 5.92 Å². The highest BCUT2D eigenvalue weighted by Gasteiger charge is 2.29. The molecule has 0 radical (unpaired) electrons. The summed E-state index contributed by atoms with van der Waals surface area (Å²) < 4.78 is 10.7. The highest BCUT2D eigenvalue weighted by atomic mass is 16.7. The molecule has 2 heterocycles. The maximum atomic E-state index is 13.3. The van der Waals surface area contributed by atoms with E-state index in [1.165, 1.54) is 11.1 Å². The summed E-state index contributed by atoms with van der Waals surface area (Å²) in [5, 5.41) is 2.95. The van der Waals surface area contributed by atoms with Gasteiger partial charge in [-0.05, 0) is 48.1 Å². The van der Waals surface area contributed by atoms with E-state index in [-0.39, 0.29) is 24.5 Å². The molecule has 2 aliphatic heterocycles. The van der Waals surface area contributed by atoms with Crippen molar-refractivity contribution in [1.29, 1.82) is 0 Å². The molecule has 2 aromatic rings. The number of amides is 2. The molecule has 1 atom stereocenters. The fourth-order valence-electron chi connectivity index (χ4n) is 3.88. The van der Waals surface area contributed by atoms with E-state index in [9.17, 15) is 9.59 Å². The van der Waals surface area contributed by atoms with E-state index in [0.717, 1.165) is 6.42 Å². The molecule has 2 aliphatic rings. The number of hydrogen-bond acceptors (Lipinski definition) is 4. The third-order valence-corrected chi connectivity index (χ3v) is 5.39. The van der Waals surface area contributed by atoms with Crippen molar-refractivity contribution in [1.82, 2.24) is 10.2 Å². The van der Waals surface area contributed by atoms with Crippen molar-refractivity contribution in [2.45, 2.75) is 39.3 Å². The van der Waals surface area contributed by atoms with Gasteiger partial charge in [-0.1, -0.05) is 38.1 Å². The molecule has 6 heteroatoms. The first-order valence-electron chi connectivity index (χ1n) is 10.1. The second kappa shape index (κ2) is 8.15. The second-order valence-corrected chi connectivity index (χ2v) is 8.00. The Morgan fingerprint density at radius 2 is 1.83 bits per heavy atom. The summed E-state index contributed by atoms with van der Waals surface area (Å²) in [6.07, 6.45) is 1.43. The fraction of sp³-hybridized carbons (Fsp3) is 0.391. The van der Waals surface area contributed by atoms with Gasteiger partial charge in [-0.2, -0.15) is 0 Å². The van der Waals surface area contributed by atoms with Crippen LogP contribution in [0.2, 0.25) is 0 Å². The Labute approximate surface area is 170 Å². The summed E-state index contributed by atoms with van der Waals surface area (Å²) in [4.78, 5) is 28.0. The van der Waals surface area contributed by atoms with Crippen molar-refractivity contribution in [3.63, 3.8) is 0 Å². The zero-order valence-corrected chi connectivity index (χ0v) is 16.8. The number of rotatable bonds is 5. The van der Waals surface area contributed by atoms with E-state index in [0.29, 0.717) is 36.6 Å². The van der Waals surface area contributed by atoms with Gasteiger partial charge in [-0.15, -0.1) is 0 Å². The highest BCUT2D eigenvalue weighted by molar-refractivity contribution is 5.98. The normalized spacial score (nSPS) is 15.8. The maximum Gasteiger partial charge on any atom is 0.252 e. The smallest absolute Gasteiger partial charge is 0.252 e. The molecular formula is C23H26N2O4. The number of nitrogens with one attached hydrogen (secondary N) is 1. The Morgan fingerprint density at radius 3 is 2.62 bits per heavy atom. The molecule has 29 heavy (non-hydrogen) atoms. The number of carbonyl (C=O) groups is 2. The molecule has 0 aliphatic carbocycles. The van der Waals surface area contributed by atoms with Crippen molar-refractivity contribution in [2.75, 3.05) is 13.3 Å². The monoisotopic (exact) mass is 394 g/mol. The minimum atomic E-state index is -0.557. The van der Waals surface area contributed by atoms with Crippen LogP contribution in [0.25, 0.3) is 0 Å². The van der Waals surface area contributed by atoms with Gasteiger partial charge in [0.1, 0.15) is 6.04 Å². The standard InChI is InChI=1S/C23H26N2O4/c1-15(2)11-19(23(27)25-10-9-16-5-3-4-6-18(16)13-25)24-22(26)17-7-8-20-21(12-17)29-14-28-20/h3-8,12,15,19H,9-11,13-14H2,1-2H3,(H,24,26)/t19-/m0/s1. The summed E-state index contributed by atoms with van der Waals surface area (Å²) >= 11 is 0. The van der Waals surface area contributed by atoms with Gasteiger partial charge in [0.2, 0.25) is 12.7 Å². The van der Waals surface area contributed by atoms with E-state index in [2.05, 4.69) is 31.3 Å². The average Bonchev–Trinajstić information content (AvgIpc) is 3.20. The van der Waals surface area contributed by atoms with E-state index in [1.807, 2.05) is 17.0 Å². The predicted molar refractivity (Wildman–Crippen MR) is 109 cm³/mol. The van der Waals surface area contributed by atoms with E-state index in [4.69, 9.17) is 9.47 Å². The van der Waals surface area contributed by atoms with Crippen LogP contribution in [-0.4, -0.2) is 36.1 Å². The maximum absolute atomic E-state index is 13.3. The molecule has 152 valence electrons. The summed E-state index contributed by atoms with van der Waals surface area (Å²) in [5.41, 5.74) is 2.93. The van der Waals surface area contributed by atoms with Crippen LogP contribution in [0.5, 0.6) is 11.5 Å². The second-order valence-electron chi connectivity index (χ2n) is 8.00. The Bertz CT molecular complexity index is 925. The van der Waals surface area contributed by atoms with Gasteiger partial charge in [0.25, 0.3) is 5.91 Å². The average molecular weight is 394 g/mol. The quantitative estimate of drug-likeness (QED) is 0.846. The van der Waals surface area contributed by atoms with Crippen molar-refractivity contribution in [3.05, 3.63) is 59.2 Å². The largest absolute Gasteiger partial charge is 0.454 e. The van der Waals surface area contributed by atoms with Gasteiger partial charge in [0.05, 0.1) is 0 Å². The lowest BCUT2D eigenvalue weighted by Gasteiger charge is -2.32. The predicted octanol–water partition coefficient (Wildman–Crippen LogP) is 3.14. The zero-order chi connectivity index (χ0) is 20.4. The molecule has 0 fully saturated rings. The zero-order valence-electron chi connectivity index (χ0n) is 16.8. The molecule has 0 spiro atoms. The van der Waals surface area contributed by atoms with Crippen molar-refractivity contribution < 1.29 is 19.1 Å². The topological polar surface area (TPSA) is 67.9 Å². The lowest BCUT2D eigenvalue weighted by molar-refractivity contribution is -0.134. The lowest BCUT2D eigenvalue weighted by Crippen LogP contribution is -2.50.